The average Bonchev–Trinajstić information content (AvgIpc) is 3.11. The third-order valence-electron chi connectivity index (χ3n) is 7.59. The van der Waals surface area contributed by atoms with E-state index in [9.17, 15) is 9.90 Å². The molecule has 0 fully saturated rings. The minimum atomic E-state index is -0.576. The highest BCUT2D eigenvalue weighted by atomic mass is 16.6. The zero-order valence-electron chi connectivity index (χ0n) is 31.4. The van der Waals surface area contributed by atoms with Gasteiger partial charge in [0.1, 0.15) is 6.10 Å². The van der Waals surface area contributed by atoms with E-state index >= 15 is 0 Å². The topological polar surface area (TPSA) is 55.8 Å². The molecule has 0 bridgehead atoms. The fourth-order valence-corrected chi connectivity index (χ4v) is 4.77. The lowest BCUT2D eigenvalue weighted by Crippen LogP contribution is -2.27. The van der Waals surface area contributed by atoms with Crippen LogP contribution >= 0.6 is 0 Å². The number of esters is 1. The van der Waals surface area contributed by atoms with Crippen LogP contribution in [0.15, 0.2) is 109 Å². The van der Waals surface area contributed by atoms with Crippen molar-refractivity contribution in [3.8, 4) is 0 Å². The van der Waals surface area contributed by atoms with E-state index in [2.05, 4.69) is 123 Å². The Kier molecular flexibility index (Phi) is 38.7. The molecule has 4 nitrogen and oxygen atoms in total. The van der Waals surface area contributed by atoms with Gasteiger partial charge in [-0.15, -0.1) is 0 Å². The van der Waals surface area contributed by atoms with E-state index in [1.165, 1.54) is 25.7 Å². The molecule has 0 saturated carbocycles. The molecule has 1 N–H and O–H groups in total. The molecule has 0 aliphatic carbocycles. The number of aliphatic hydroxyl groups excluding tert-OH is 1. The standard InChI is InChI=1S/C45H72O4/c1-3-5-7-9-11-13-15-17-19-20-21-22-23-24-25-26-27-28-30-32-34-36-38-40-45(47)49-44(42-46)43-48-41-39-37-35-33-31-29-18-16-14-12-10-8-6-4-2/h5-8,11-14,17-19,21-22,24-25,29,33,35,44,46H,3-4,9-10,15-16,20,23,26-28,30-32,34,36-43H2,1-2H3/b7-5-,8-6-,13-11-,14-12-,19-17-,22-21-,25-24-,29-18-,35-33-. The molecule has 276 valence electrons. The Balaban J connectivity index is 3.60. The summed E-state index contributed by atoms with van der Waals surface area (Å²) in [5.74, 6) is -0.237. The third kappa shape index (κ3) is 39.4. The molecule has 4 heteroatoms. The molecule has 1 unspecified atom stereocenters. The predicted molar refractivity (Wildman–Crippen MR) is 214 cm³/mol. The summed E-state index contributed by atoms with van der Waals surface area (Å²) in [4.78, 5) is 12.2. The third-order valence-corrected chi connectivity index (χ3v) is 7.59. The van der Waals surface area contributed by atoms with Gasteiger partial charge in [-0.2, -0.15) is 0 Å². The van der Waals surface area contributed by atoms with Crippen LogP contribution in [0.5, 0.6) is 0 Å². The van der Waals surface area contributed by atoms with E-state index in [1.54, 1.807) is 0 Å². The van der Waals surface area contributed by atoms with Gasteiger partial charge >= 0.3 is 5.97 Å². The van der Waals surface area contributed by atoms with Crippen molar-refractivity contribution in [3.05, 3.63) is 109 Å². The molecular formula is C45H72O4. The van der Waals surface area contributed by atoms with Gasteiger partial charge in [-0.25, -0.2) is 0 Å². The molecule has 0 aromatic heterocycles. The largest absolute Gasteiger partial charge is 0.457 e. The first-order valence-electron chi connectivity index (χ1n) is 19.5. The Morgan fingerprint density at radius 2 is 0.857 bits per heavy atom. The Bertz CT molecular complexity index is 976. The van der Waals surface area contributed by atoms with E-state index in [0.29, 0.717) is 13.0 Å². The van der Waals surface area contributed by atoms with Crippen LogP contribution in [0, 0.1) is 0 Å². The lowest BCUT2D eigenvalue weighted by Gasteiger charge is -2.15. The molecule has 0 aliphatic rings. The number of carbonyl (C=O) groups excluding carboxylic acids is 1. The van der Waals surface area contributed by atoms with Crippen molar-refractivity contribution in [3.63, 3.8) is 0 Å². The van der Waals surface area contributed by atoms with Gasteiger partial charge < -0.3 is 14.6 Å². The Morgan fingerprint density at radius 3 is 1.29 bits per heavy atom. The van der Waals surface area contributed by atoms with E-state index < -0.39 is 6.10 Å². The summed E-state index contributed by atoms with van der Waals surface area (Å²) in [6.07, 6.45) is 60.0. The predicted octanol–water partition coefficient (Wildman–Crippen LogP) is 12.8. The molecule has 0 aliphatic heterocycles. The maximum Gasteiger partial charge on any atom is 0.306 e. The highest BCUT2D eigenvalue weighted by molar-refractivity contribution is 5.69. The number of hydrogen-bond donors (Lipinski definition) is 1. The van der Waals surface area contributed by atoms with Gasteiger partial charge in [-0.05, 0) is 89.9 Å². The van der Waals surface area contributed by atoms with E-state index in [-0.39, 0.29) is 19.2 Å². The number of carbonyl (C=O) groups is 1. The zero-order chi connectivity index (χ0) is 35.6. The fraction of sp³-hybridized carbons (Fsp3) is 0.578. The molecule has 0 rings (SSSR count). The molecule has 0 radical (unpaired) electrons. The lowest BCUT2D eigenvalue weighted by molar-refractivity contribution is -0.154. The summed E-state index contributed by atoms with van der Waals surface area (Å²) in [5, 5.41) is 9.56. The van der Waals surface area contributed by atoms with Gasteiger partial charge in [0.15, 0.2) is 0 Å². The number of rotatable bonds is 34. The van der Waals surface area contributed by atoms with Crippen molar-refractivity contribution in [2.24, 2.45) is 0 Å². The maximum atomic E-state index is 12.2. The first kappa shape index (κ1) is 46.1. The number of ether oxygens (including phenoxy) is 2. The van der Waals surface area contributed by atoms with Crippen LogP contribution in [-0.4, -0.2) is 37.0 Å². The van der Waals surface area contributed by atoms with E-state index in [1.807, 2.05) is 0 Å². The van der Waals surface area contributed by atoms with Gasteiger partial charge in [-0.3, -0.25) is 4.79 Å². The first-order chi connectivity index (χ1) is 24.2. The minimum absolute atomic E-state index is 0.206. The van der Waals surface area contributed by atoms with Gasteiger partial charge in [-0.1, -0.05) is 155 Å². The van der Waals surface area contributed by atoms with E-state index in [4.69, 9.17) is 9.47 Å². The number of aliphatic hydroxyl groups is 1. The van der Waals surface area contributed by atoms with Crippen molar-refractivity contribution in [1.82, 2.24) is 0 Å². The van der Waals surface area contributed by atoms with Crippen LogP contribution in [-0.2, 0) is 14.3 Å². The number of hydrogen-bond acceptors (Lipinski definition) is 4. The van der Waals surface area contributed by atoms with Gasteiger partial charge in [0.25, 0.3) is 0 Å². The van der Waals surface area contributed by atoms with Crippen molar-refractivity contribution < 1.29 is 19.4 Å². The van der Waals surface area contributed by atoms with Crippen molar-refractivity contribution in [2.75, 3.05) is 19.8 Å². The summed E-state index contributed by atoms with van der Waals surface area (Å²) >= 11 is 0. The quantitative estimate of drug-likeness (QED) is 0.0419. The normalized spacial score (nSPS) is 13.6. The molecule has 0 spiro atoms. The first-order valence-corrected chi connectivity index (χ1v) is 19.5. The lowest BCUT2D eigenvalue weighted by atomic mass is 10.1. The van der Waals surface area contributed by atoms with E-state index in [0.717, 1.165) is 96.3 Å². The van der Waals surface area contributed by atoms with Gasteiger partial charge in [0.05, 0.1) is 13.2 Å². The van der Waals surface area contributed by atoms with Gasteiger partial charge in [0, 0.05) is 13.0 Å². The highest BCUT2D eigenvalue weighted by Gasteiger charge is 2.13. The van der Waals surface area contributed by atoms with Crippen LogP contribution in [0.3, 0.4) is 0 Å². The van der Waals surface area contributed by atoms with Crippen molar-refractivity contribution >= 4 is 5.97 Å². The molecule has 1 atom stereocenters. The second kappa shape index (κ2) is 41.2. The van der Waals surface area contributed by atoms with Crippen LogP contribution < -0.4 is 0 Å². The Labute approximate surface area is 302 Å². The van der Waals surface area contributed by atoms with Crippen LogP contribution in [0.25, 0.3) is 0 Å². The van der Waals surface area contributed by atoms with Crippen LogP contribution in [0.1, 0.15) is 142 Å². The molecule has 0 aromatic rings. The number of unbranched alkanes of at least 4 members (excludes halogenated alkanes) is 8. The molecule has 0 saturated heterocycles. The molecule has 0 heterocycles. The smallest absolute Gasteiger partial charge is 0.306 e. The summed E-state index contributed by atoms with van der Waals surface area (Å²) in [7, 11) is 0. The second-order valence-electron chi connectivity index (χ2n) is 12.2. The molecule has 0 aromatic carbocycles. The molecule has 49 heavy (non-hydrogen) atoms. The van der Waals surface area contributed by atoms with Crippen LogP contribution in [0.2, 0.25) is 0 Å². The van der Waals surface area contributed by atoms with Gasteiger partial charge in [0.2, 0.25) is 0 Å². The molecule has 0 amide bonds. The Morgan fingerprint density at radius 1 is 0.490 bits per heavy atom. The van der Waals surface area contributed by atoms with Crippen molar-refractivity contribution in [2.45, 2.75) is 148 Å². The zero-order valence-corrected chi connectivity index (χ0v) is 31.4. The maximum absolute atomic E-state index is 12.2. The fourth-order valence-electron chi connectivity index (χ4n) is 4.77. The monoisotopic (exact) mass is 677 g/mol. The van der Waals surface area contributed by atoms with Crippen LogP contribution in [0.4, 0.5) is 0 Å². The summed E-state index contributed by atoms with van der Waals surface area (Å²) in [6, 6.07) is 0. The minimum Gasteiger partial charge on any atom is -0.457 e. The average molecular weight is 677 g/mol. The number of allylic oxidation sites excluding steroid dienone is 18. The second-order valence-corrected chi connectivity index (χ2v) is 12.2. The molecular weight excluding hydrogens is 604 g/mol. The summed E-state index contributed by atoms with van der Waals surface area (Å²) in [5.41, 5.74) is 0. The summed E-state index contributed by atoms with van der Waals surface area (Å²) < 4.78 is 11.1. The highest BCUT2D eigenvalue weighted by Crippen LogP contribution is 2.11. The Hall–Kier alpha value is -2.95. The van der Waals surface area contributed by atoms with Crippen molar-refractivity contribution in [1.29, 1.82) is 0 Å². The SMILES string of the molecule is CC/C=C\C/C=C\C/C=C\C/C=C\C/C=C\CCCCCCCCCC(=O)OC(CO)COCCC/C=C\C/C=C\C/C=C\C/C=C\CC. The summed E-state index contributed by atoms with van der Waals surface area (Å²) in [6.45, 7) is 4.94.